The molecular weight excluding hydrogens is 648 g/mol. The van der Waals surface area contributed by atoms with Crippen molar-refractivity contribution >= 4 is 15.8 Å². The van der Waals surface area contributed by atoms with E-state index in [0.717, 1.165) is 57.3 Å². The highest BCUT2D eigenvalue weighted by Crippen LogP contribution is 2.76. The number of rotatable bonds is 8. The first kappa shape index (κ1) is 37.1. The number of hydrogen-bond acceptors (Lipinski definition) is 5. The lowest BCUT2D eigenvalue weighted by Crippen LogP contribution is -2.67. The number of allylic oxidation sites excluding steroid dienone is 4. The zero-order chi connectivity index (χ0) is 36.0. The van der Waals surface area contributed by atoms with Gasteiger partial charge in [0.05, 0.1) is 10.7 Å². The summed E-state index contributed by atoms with van der Waals surface area (Å²) in [5.74, 6) is 1.79. The van der Waals surface area contributed by atoms with Gasteiger partial charge in [-0.25, -0.2) is 12.8 Å². The fraction of sp³-hybridized carbons (Fsp3) is 0.881. The van der Waals surface area contributed by atoms with Crippen molar-refractivity contribution in [2.45, 2.75) is 142 Å². The van der Waals surface area contributed by atoms with E-state index in [2.05, 4.69) is 57.0 Å². The van der Waals surface area contributed by atoms with Crippen molar-refractivity contribution in [3.63, 3.8) is 0 Å². The fourth-order valence-corrected chi connectivity index (χ4v) is 15.6. The number of carboxylic acids is 1. The molecule has 0 aromatic rings. The number of nitrogens with one attached hydrogen (secondary N) is 1. The van der Waals surface area contributed by atoms with Crippen molar-refractivity contribution < 1.29 is 22.7 Å². The van der Waals surface area contributed by atoms with Crippen LogP contribution in [0.2, 0.25) is 0 Å². The fourth-order valence-electron chi connectivity index (χ4n) is 14.6. The molecule has 4 saturated carbocycles. The quantitative estimate of drug-likeness (QED) is 0.263. The molecule has 0 bridgehead atoms. The summed E-state index contributed by atoms with van der Waals surface area (Å²) < 4.78 is 38.1. The summed E-state index contributed by atoms with van der Waals surface area (Å²) in [5.41, 5.74) is 2.61. The Balaban J connectivity index is 1.06. The van der Waals surface area contributed by atoms with E-state index in [1.54, 1.807) is 0 Å². The molecule has 0 amide bonds. The maximum atomic E-state index is 13.9. The molecule has 1 aliphatic heterocycles. The summed E-state index contributed by atoms with van der Waals surface area (Å²) in [6.07, 6.45) is 21.8. The third-order valence-corrected chi connectivity index (χ3v) is 19.3. The Hall–Kier alpha value is -1.25. The predicted molar refractivity (Wildman–Crippen MR) is 199 cm³/mol. The van der Waals surface area contributed by atoms with E-state index < -0.39 is 27.9 Å². The molecule has 50 heavy (non-hydrogen) atoms. The Labute approximate surface area is 302 Å². The molecular formula is C42H67FN2O4S. The molecule has 7 unspecified atom stereocenters. The molecule has 282 valence electrons. The summed E-state index contributed by atoms with van der Waals surface area (Å²) in [6.45, 7) is 16.0. The van der Waals surface area contributed by atoms with Crippen LogP contribution in [0, 0.1) is 50.7 Å². The normalized spacial score (nSPS) is 45.0. The maximum Gasteiger partial charge on any atom is 0.312 e. The molecule has 0 aromatic heterocycles. The lowest BCUT2D eigenvalue weighted by Gasteiger charge is -2.72. The highest BCUT2D eigenvalue weighted by molar-refractivity contribution is 7.91. The van der Waals surface area contributed by atoms with Crippen LogP contribution in [0.15, 0.2) is 23.3 Å². The molecule has 7 aliphatic rings. The average Bonchev–Trinajstić information content (AvgIpc) is 3.49. The van der Waals surface area contributed by atoms with Gasteiger partial charge in [0.15, 0.2) is 0 Å². The van der Waals surface area contributed by atoms with E-state index in [4.69, 9.17) is 0 Å². The molecule has 0 spiro atoms. The van der Waals surface area contributed by atoms with Gasteiger partial charge in [-0.05, 0) is 159 Å². The second-order valence-corrected chi connectivity index (χ2v) is 22.1. The van der Waals surface area contributed by atoms with Crippen molar-refractivity contribution in [3.05, 3.63) is 23.3 Å². The van der Waals surface area contributed by atoms with Gasteiger partial charge in [-0.1, -0.05) is 53.2 Å². The largest absolute Gasteiger partial charge is 0.481 e. The van der Waals surface area contributed by atoms with Crippen molar-refractivity contribution in [2.75, 3.05) is 39.1 Å². The second-order valence-electron chi connectivity index (χ2n) is 19.8. The highest BCUT2D eigenvalue weighted by atomic mass is 32.2. The van der Waals surface area contributed by atoms with Gasteiger partial charge in [-0.15, -0.1) is 0 Å². The van der Waals surface area contributed by atoms with Crippen LogP contribution in [0.25, 0.3) is 0 Å². The van der Waals surface area contributed by atoms with Crippen LogP contribution < -0.4 is 5.32 Å². The minimum atomic E-state index is -2.94. The minimum absolute atomic E-state index is 0.00795. The van der Waals surface area contributed by atoms with Crippen molar-refractivity contribution in [2.24, 2.45) is 50.7 Å². The topological polar surface area (TPSA) is 86.7 Å². The van der Waals surface area contributed by atoms with E-state index in [-0.39, 0.29) is 21.6 Å². The average molecular weight is 715 g/mol. The van der Waals surface area contributed by atoms with Gasteiger partial charge in [0, 0.05) is 24.9 Å². The van der Waals surface area contributed by atoms with Gasteiger partial charge in [0.2, 0.25) is 0 Å². The number of alkyl halides is 1. The molecule has 6 aliphatic carbocycles. The van der Waals surface area contributed by atoms with E-state index in [1.165, 1.54) is 75.2 Å². The third kappa shape index (κ3) is 5.55. The van der Waals surface area contributed by atoms with Crippen molar-refractivity contribution in [1.82, 2.24) is 10.2 Å². The number of likely N-dealkylation sites (tertiary alicyclic amines) is 1. The summed E-state index contributed by atoms with van der Waals surface area (Å²) in [6, 6.07) is 0. The van der Waals surface area contributed by atoms with Crippen LogP contribution in [0.4, 0.5) is 4.39 Å². The SMILES string of the molecule is CC1(C)C(C2=CCC(CF)(C(=O)O)CC2)=CCC2(C)C1CCC1(C)C2CCC2[C@H]3CCCC3(NCCN3CCC(S(C)(=O)=O)CC3)CC[C@]21C. The zero-order valence-corrected chi connectivity index (χ0v) is 32.9. The summed E-state index contributed by atoms with van der Waals surface area (Å²) in [4.78, 5) is 14.4. The number of aliphatic carboxylic acids is 1. The van der Waals surface area contributed by atoms with Crippen LogP contribution in [-0.2, 0) is 14.6 Å². The van der Waals surface area contributed by atoms with E-state index in [0.29, 0.717) is 41.9 Å². The van der Waals surface area contributed by atoms with Crippen LogP contribution in [0.3, 0.4) is 0 Å². The highest BCUT2D eigenvalue weighted by Gasteiger charge is 2.69. The van der Waals surface area contributed by atoms with E-state index in [9.17, 15) is 22.7 Å². The van der Waals surface area contributed by atoms with Crippen LogP contribution in [0.5, 0.6) is 0 Å². The number of carboxylic acid groups (broad SMARTS) is 1. The Morgan fingerprint density at radius 2 is 1.62 bits per heavy atom. The van der Waals surface area contributed by atoms with E-state index in [1.807, 2.05) is 0 Å². The van der Waals surface area contributed by atoms with Crippen LogP contribution >= 0.6 is 0 Å². The second kappa shape index (κ2) is 12.7. The van der Waals surface area contributed by atoms with Gasteiger partial charge >= 0.3 is 5.97 Å². The molecule has 5 fully saturated rings. The summed E-state index contributed by atoms with van der Waals surface area (Å²) in [7, 11) is -2.94. The smallest absolute Gasteiger partial charge is 0.312 e. The predicted octanol–water partition coefficient (Wildman–Crippen LogP) is 8.38. The molecule has 8 heteroatoms. The van der Waals surface area contributed by atoms with Gasteiger partial charge in [0.25, 0.3) is 0 Å². The van der Waals surface area contributed by atoms with Crippen molar-refractivity contribution in [1.29, 1.82) is 0 Å². The van der Waals surface area contributed by atoms with Gasteiger partial charge < -0.3 is 15.3 Å². The Kier molecular flexibility index (Phi) is 9.40. The number of piperidine rings is 1. The number of hydrogen-bond donors (Lipinski definition) is 2. The molecule has 1 saturated heterocycles. The first-order valence-electron chi connectivity index (χ1n) is 20.3. The van der Waals surface area contributed by atoms with Crippen molar-refractivity contribution in [3.8, 4) is 0 Å². The lowest BCUT2D eigenvalue weighted by molar-refractivity contribution is -0.218. The third-order valence-electron chi connectivity index (χ3n) is 17.7. The maximum absolute atomic E-state index is 13.9. The Morgan fingerprint density at radius 3 is 2.26 bits per heavy atom. The lowest BCUT2D eigenvalue weighted by atomic mass is 9.33. The number of fused-ring (bicyclic) bond motifs is 7. The number of carbonyl (C=O) groups is 1. The van der Waals surface area contributed by atoms with Crippen LogP contribution in [0.1, 0.15) is 131 Å². The first-order valence-corrected chi connectivity index (χ1v) is 22.3. The molecule has 7 rings (SSSR count). The molecule has 9 atom stereocenters. The standard InChI is InChI=1S/C42H67FN2O4S/c1-37(2)31(29-11-20-41(28-43,21-12-29)36(46)47)13-18-38(3)34(37)14-19-40(5)35(38)10-9-32-33-8-7-17-42(33,23-22-39(32,40)4)44-24-27-45-25-15-30(16-26-45)50(6,48)49/h11,13,30,32-35,44H,7-10,12,14-28H2,1-6H3,(H,46,47)/t32?,33-,34?,35?,38?,39-,40?,41?,42?/m1/s1. The summed E-state index contributed by atoms with van der Waals surface area (Å²) in [5, 5.41) is 13.8. The van der Waals surface area contributed by atoms with Gasteiger partial charge in [-0.3, -0.25) is 4.79 Å². The molecule has 0 aromatic carbocycles. The molecule has 0 radical (unpaired) electrons. The molecule has 1 heterocycles. The number of nitrogens with zero attached hydrogens (tertiary/aromatic N) is 1. The minimum Gasteiger partial charge on any atom is -0.481 e. The summed E-state index contributed by atoms with van der Waals surface area (Å²) >= 11 is 0. The van der Waals surface area contributed by atoms with Gasteiger partial charge in [-0.2, -0.15) is 0 Å². The monoisotopic (exact) mass is 714 g/mol. The number of halogens is 1. The van der Waals surface area contributed by atoms with Gasteiger partial charge in [0.1, 0.15) is 16.5 Å². The molecule has 2 N–H and O–H groups in total. The number of sulfone groups is 1. The Morgan fingerprint density at radius 1 is 0.880 bits per heavy atom. The Bertz CT molecular complexity index is 1520. The van der Waals surface area contributed by atoms with Crippen LogP contribution in [-0.4, -0.2) is 74.3 Å². The zero-order valence-electron chi connectivity index (χ0n) is 32.1. The molecule has 6 nitrogen and oxygen atoms in total. The first-order chi connectivity index (χ1) is 23.5. The van der Waals surface area contributed by atoms with E-state index >= 15 is 0 Å².